The monoisotopic (exact) mass is 274 g/mol. The van der Waals surface area contributed by atoms with Crippen LogP contribution in [0.2, 0.25) is 0 Å². The van der Waals surface area contributed by atoms with Gasteiger partial charge in [0.2, 0.25) is 5.91 Å². The highest BCUT2D eigenvalue weighted by molar-refractivity contribution is 5.75. The van der Waals surface area contributed by atoms with Gasteiger partial charge in [-0.05, 0) is 37.2 Å². The van der Waals surface area contributed by atoms with Crippen molar-refractivity contribution in [2.45, 2.75) is 51.0 Å². The average molecular weight is 274 g/mol. The van der Waals surface area contributed by atoms with Gasteiger partial charge in [0.1, 0.15) is 0 Å². The lowest BCUT2D eigenvalue weighted by Crippen LogP contribution is -2.41. The van der Waals surface area contributed by atoms with Crippen LogP contribution in [0.4, 0.5) is 0 Å². The summed E-state index contributed by atoms with van der Waals surface area (Å²) in [6.45, 7) is 0.755. The van der Waals surface area contributed by atoms with E-state index in [0.29, 0.717) is 12.3 Å². The molecular formula is C17H26N2O. The molecule has 0 spiro atoms. The van der Waals surface area contributed by atoms with E-state index in [1.165, 1.54) is 18.4 Å². The Morgan fingerprint density at radius 2 is 1.95 bits per heavy atom. The summed E-state index contributed by atoms with van der Waals surface area (Å²) in [6.07, 6.45) is 7.24. The smallest absolute Gasteiger partial charge is 0.220 e. The Balaban J connectivity index is 1.60. The fourth-order valence-electron chi connectivity index (χ4n) is 2.92. The van der Waals surface area contributed by atoms with E-state index in [0.717, 1.165) is 32.2 Å². The number of amides is 1. The van der Waals surface area contributed by atoms with Crippen molar-refractivity contribution in [2.24, 2.45) is 11.7 Å². The fraction of sp³-hybridized carbons (Fsp3) is 0.588. The molecule has 3 N–H and O–H groups in total. The molecule has 1 amide bonds. The van der Waals surface area contributed by atoms with Crippen molar-refractivity contribution in [3.05, 3.63) is 35.9 Å². The van der Waals surface area contributed by atoms with Gasteiger partial charge in [-0.25, -0.2) is 0 Å². The first-order chi connectivity index (χ1) is 9.75. The van der Waals surface area contributed by atoms with E-state index in [-0.39, 0.29) is 11.9 Å². The number of rotatable bonds is 6. The first kappa shape index (κ1) is 15.0. The van der Waals surface area contributed by atoms with Crippen LogP contribution in [0, 0.1) is 5.92 Å². The fourth-order valence-corrected chi connectivity index (χ4v) is 2.92. The van der Waals surface area contributed by atoms with E-state index in [2.05, 4.69) is 17.4 Å². The third kappa shape index (κ3) is 4.97. The Kier molecular flexibility index (Phi) is 6.06. The van der Waals surface area contributed by atoms with Gasteiger partial charge in [-0.2, -0.15) is 0 Å². The number of hydrogen-bond acceptors (Lipinski definition) is 2. The van der Waals surface area contributed by atoms with Gasteiger partial charge in [-0.15, -0.1) is 0 Å². The van der Waals surface area contributed by atoms with Crippen molar-refractivity contribution >= 4 is 5.91 Å². The van der Waals surface area contributed by atoms with Crippen molar-refractivity contribution in [1.29, 1.82) is 0 Å². The van der Waals surface area contributed by atoms with Crippen molar-refractivity contribution in [3.8, 4) is 0 Å². The molecule has 0 heterocycles. The molecule has 2 atom stereocenters. The van der Waals surface area contributed by atoms with E-state index in [4.69, 9.17) is 5.73 Å². The number of benzene rings is 1. The molecule has 3 heteroatoms. The molecule has 2 rings (SSSR count). The van der Waals surface area contributed by atoms with Crippen LogP contribution in [0.5, 0.6) is 0 Å². The molecule has 1 aromatic carbocycles. The third-order valence-electron chi connectivity index (χ3n) is 4.24. The Bertz CT molecular complexity index is 405. The summed E-state index contributed by atoms with van der Waals surface area (Å²) in [6, 6.07) is 10.6. The van der Waals surface area contributed by atoms with Crippen LogP contribution in [0.15, 0.2) is 30.3 Å². The summed E-state index contributed by atoms with van der Waals surface area (Å²) in [7, 11) is 0. The Morgan fingerprint density at radius 1 is 1.20 bits per heavy atom. The molecule has 0 saturated heterocycles. The van der Waals surface area contributed by atoms with E-state index in [1.807, 2.05) is 18.2 Å². The maximum absolute atomic E-state index is 11.8. The predicted octanol–water partition coefficient (Wildman–Crippen LogP) is 2.64. The molecule has 2 unspecified atom stereocenters. The second-order valence-electron chi connectivity index (χ2n) is 5.85. The minimum atomic E-state index is 0.165. The number of nitrogens with one attached hydrogen (secondary N) is 1. The van der Waals surface area contributed by atoms with Gasteiger partial charge in [0.15, 0.2) is 0 Å². The third-order valence-corrected chi connectivity index (χ3v) is 4.24. The van der Waals surface area contributed by atoms with Crippen LogP contribution >= 0.6 is 0 Å². The molecule has 0 aromatic heterocycles. The van der Waals surface area contributed by atoms with E-state index < -0.39 is 0 Å². The number of nitrogens with two attached hydrogens (primary N) is 1. The summed E-state index contributed by atoms with van der Waals surface area (Å²) < 4.78 is 0. The second-order valence-corrected chi connectivity index (χ2v) is 5.85. The molecule has 1 aromatic rings. The molecule has 1 aliphatic rings. The van der Waals surface area contributed by atoms with Gasteiger partial charge >= 0.3 is 0 Å². The zero-order chi connectivity index (χ0) is 14.2. The van der Waals surface area contributed by atoms with Crippen molar-refractivity contribution in [3.63, 3.8) is 0 Å². The van der Waals surface area contributed by atoms with E-state index in [1.54, 1.807) is 0 Å². The highest BCUT2D eigenvalue weighted by Gasteiger charge is 2.21. The van der Waals surface area contributed by atoms with Gasteiger partial charge in [-0.3, -0.25) is 4.79 Å². The SMILES string of the molecule is NC1CCCCC1CNC(=O)CCCc1ccccc1. The Labute approximate surface area is 121 Å². The van der Waals surface area contributed by atoms with Gasteiger partial charge in [0.05, 0.1) is 0 Å². The molecule has 0 aliphatic heterocycles. The normalized spacial score (nSPS) is 22.4. The summed E-state index contributed by atoms with van der Waals surface area (Å²) in [5.74, 6) is 0.639. The topological polar surface area (TPSA) is 55.1 Å². The van der Waals surface area contributed by atoms with Gasteiger partial charge < -0.3 is 11.1 Å². The second kappa shape index (κ2) is 8.05. The van der Waals surface area contributed by atoms with Crippen molar-refractivity contribution in [1.82, 2.24) is 5.32 Å². The Hall–Kier alpha value is -1.35. The summed E-state index contributed by atoms with van der Waals surface area (Å²) in [5, 5.41) is 3.05. The lowest BCUT2D eigenvalue weighted by Gasteiger charge is -2.28. The highest BCUT2D eigenvalue weighted by atomic mass is 16.1. The molecule has 1 aliphatic carbocycles. The lowest BCUT2D eigenvalue weighted by atomic mass is 9.85. The quantitative estimate of drug-likeness (QED) is 0.838. The first-order valence-corrected chi connectivity index (χ1v) is 7.82. The van der Waals surface area contributed by atoms with Crippen LogP contribution < -0.4 is 11.1 Å². The van der Waals surface area contributed by atoms with E-state index in [9.17, 15) is 4.79 Å². The molecule has 1 saturated carbocycles. The highest BCUT2D eigenvalue weighted by Crippen LogP contribution is 2.22. The molecule has 20 heavy (non-hydrogen) atoms. The van der Waals surface area contributed by atoms with Crippen molar-refractivity contribution < 1.29 is 4.79 Å². The van der Waals surface area contributed by atoms with Crippen LogP contribution in [0.3, 0.4) is 0 Å². The standard InChI is InChI=1S/C17H26N2O/c18-16-11-5-4-10-15(16)13-19-17(20)12-6-9-14-7-2-1-3-8-14/h1-3,7-8,15-16H,4-6,9-13,18H2,(H,19,20). The number of aryl methyl sites for hydroxylation is 1. The summed E-state index contributed by atoms with van der Waals surface area (Å²) >= 11 is 0. The zero-order valence-corrected chi connectivity index (χ0v) is 12.2. The summed E-state index contributed by atoms with van der Waals surface area (Å²) in [5.41, 5.74) is 7.39. The molecule has 0 bridgehead atoms. The van der Waals surface area contributed by atoms with E-state index >= 15 is 0 Å². The lowest BCUT2D eigenvalue weighted by molar-refractivity contribution is -0.121. The number of carbonyl (C=O) groups is 1. The van der Waals surface area contributed by atoms with Crippen LogP contribution in [-0.2, 0) is 11.2 Å². The number of hydrogen-bond donors (Lipinski definition) is 2. The molecule has 3 nitrogen and oxygen atoms in total. The number of carbonyl (C=O) groups excluding carboxylic acids is 1. The molecule has 110 valence electrons. The van der Waals surface area contributed by atoms with Gasteiger partial charge in [0.25, 0.3) is 0 Å². The van der Waals surface area contributed by atoms with Gasteiger partial charge in [-0.1, -0.05) is 43.2 Å². The summed E-state index contributed by atoms with van der Waals surface area (Å²) in [4.78, 5) is 11.8. The maximum atomic E-state index is 11.8. The van der Waals surface area contributed by atoms with Gasteiger partial charge in [0, 0.05) is 19.0 Å². The first-order valence-electron chi connectivity index (χ1n) is 7.82. The molecular weight excluding hydrogens is 248 g/mol. The van der Waals surface area contributed by atoms with Crippen LogP contribution in [0.1, 0.15) is 44.1 Å². The average Bonchev–Trinajstić information content (AvgIpc) is 2.47. The van der Waals surface area contributed by atoms with Crippen molar-refractivity contribution in [2.75, 3.05) is 6.54 Å². The largest absolute Gasteiger partial charge is 0.356 e. The van der Waals surface area contributed by atoms with Crippen LogP contribution in [-0.4, -0.2) is 18.5 Å². The molecule has 0 radical (unpaired) electrons. The van der Waals surface area contributed by atoms with Crippen LogP contribution in [0.25, 0.3) is 0 Å². The Morgan fingerprint density at radius 3 is 2.70 bits per heavy atom. The molecule has 1 fully saturated rings. The zero-order valence-electron chi connectivity index (χ0n) is 12.2. The predicted molar refractivity (Wildman–Crippen MR) is 82.3 cm³/mol. The minimum absolute atomic E-state index is 0.165. The minimum Gasteiger partial charge on any atom is -0.356 e. The maximum Gasteiger partial charge on any atom is 0.220 e.